The van der Waals surface area contributed by atoms with Crippen LogP contribution >= 0.6 is 22.9 Å². The van der Waals surface area contributed by atoms with E-state index in [0.717, 1.165) is 27.4 Å². The lowest BCUT2D eigenvalue weighted by molar-refractivity contribution is -0.121. The lowest BCUT2D eigenvalue weighted by Crippen LogP contribution is -2.23. The first-order valence-electron chi connectivity index (χ1n) is 10.4. The summed E-state index contributed by atoms with van der Waals surface area (Å²) in [7, 11) is 0. The minimum atomic E-state index is -0.00114. The minimum absolute atomic E-state index is 0.00114. The van der Waals surface area contributed by atoms with Crippen LogP contribution in [0.25, 0.3) is 21.8 Å². The Balaban J connectivity index is 1.26. The van der Waals surface area contributed by atoms with E-state index in [-0.39, 0.29) is 5.91 Å². The molecule has 1 amide bonds. The monoisotopic (exact) mass is 462 g/mol. The van der Waals surface area contributed by atoms with Crippen LogP contribution < -0.4 is 10.1 Å². The Morgan fingerprint density at radius 2 is 1.75 bits per heavy atom. The molecule has 0 aliphatic carbocycles. The van der Waals surface area contributed by atoms with Crippen LogP contribution in [-0.4, -0.2) is 17.5 Å². The van der Waals surface area contributed by atoms with Crippen molar-refractivity contribution in [3.8, 4) is 27.6 Å². The zero-order valence-corrected chi connectivity index (χ0v) is 19.0. The second kappa shape index (κ2) is 10.9. The van der Waals surface area contributed by atoms with E-state index in [0.29, 0.717) is 36.8 Å². The fourth-order valence-electron chi connectivity index (χ4n) is 3.23. The van der Waals surface area contributed by atoms with Crippen LogP contribution in [0.2, 0.25) is 5.02 Å². The van der Waals surface area contributed by atoms with Crippen LogP contribution in [0, 0.1) is 0 Å². The van der Waals surface area contributed by atoms with Gasteiger partial charge in [-0.1, -0.05) is 72.3 Å². The smallest absolute Gasteiger partial charge is 0.220 e. The maximum Gasteiger partial charge on any atom is 0.220 e. The molecule has 0 saturated heterocycles. The van der Waals surface area contributed by atoms with E-state index in [4.69, 9.17) is 21.3 Å². The second-order valence-electron chi connectivity index (χ2n) is 7.26. The summed E-state index contributed by atoms with van der Waals surface area (Å²) in [6.07, 6.45) is 1.02. The topological polar surface area (TPSA) is 51.2 Å². The molecule has 6 heteroatoms. The van der Waals surface area contributed by atoms with Gasteiger partial charge in [0.15, 0.2) is 0 Å². The number of para-hydroxylation sites is 1. The number of rotatable bonds is 9. The Hall–Kier alpha value is -3.15. The lowest BCUT2D eigenvalue weighted by atomic mass is 10.1. The summed E-state index contributed by atoms with van der Waals surface area (Å²) in [6, 6.07) is 25.6. The largest absolute Gasteiger partial charge is 0.492 e. The van der Waals surface area contributed by atoms with Gasteiger partial charge in [-0.15, -0.1) is 11.3 Å². The Morgan fingerprint density at radius 1 is 0.969 bits per heavy atom. The normalized spacial score (nSPS) is 10.7. The number of aromatic nitrogens is 1. The SMILES string of the molecule is O=C(CCCOc1ccccc1Cl)NCc1cccc(-c2nc(-c3ccccc3)cs2)c1. The number of carbonyl (C=O) groups excluding carboxylic acids is 1. The predicted molar refractivity (Wildman–Crippen MR) is 131 cm³/mol. The number of nitrogens with one attached hydrogen (secondary N) is 1. The van der Waals surface area contributed by atoms with E-state index in [1.165, 1.54) is 0 Å². The molecule has 4 nitrogen and oxygen atoms in total. The van der Waals surface area contributed by atoms with Crippen molar-refractivity contribution in [3.63, 3.8) is 0 Å². The first kappa shape index (κ1) is 22.1. The van der Waals surface area contributed by atoms with Crippen molar-refractivity contribution < 1.29 is 9.53 Å². The molecular formula is C26H23ClN2O2S. The van der Waals surface area contributed by atoms with Gasteiger partial charge in [-0.2, -0.15) is 0 Å². The standard InChI is InChI=1S/C26H23ClN2O2S/c27-22-12-4-5-13-24(22)31-15-7-14-25(30)28-17-19-8-6-11-21(16-19)26-29-23(18-32-26)20-9-2-1-3-10-20/h1-6,8-13,16,18H,7,14-15,17H2,(H,28,30). The zero-order valence-electron chi connectivity index (χ0n) is 17.5. The van der Waals surface area contributed by atoms with Crippen LogP contribution in [0.1, 0.15) is 18.4 Å². The number of ether oxygens (including phenoxy) is 1. The van der Waals surface area contributed by atoms with Gasteiger partial charge < -0.3 is 10.1 Å². The van der Waals surface area contributed by atoms with Crippen LogP contribution in [0.4, 0.5) is 0 Å². The number of hydrogen-bond acceptors (Lipinski definition) is 4. The van der Waals surface area contributed by atoms with Gasteiger partial charge in [0.2, 0.25) is 5.91 Å². The van der Waals surface area contributed by atoms with E-state index in [2.05, 4.69) is 28.9 Å². The van der Waals surface area contributed by atoms with Gasteiger partial charge in [0, 0.05) is 29.5 Å². The lowest BCUT2D eigenvalue weighted by Gasteiger charge is -2.09. The highest BCUT2D eigenvalue weighted by Gasteiger charge is 2.08. The summed E-state index contributed by atoms with van der Waals surface area (Å²) in [6.45, 7) is 0.926. The number of halogens is 1. The number of thiazole rings is 1. The van der Waals surface area contributed by atoms with Crippen LogP contribution in [0.3, 0.4) is 0 Å². The van der Waals surface area contributed by atoms with Gasteiger partial charge in [-0.25, -0.2) is 4.98 Å². The molecule has 0 fully saturated rings. The third-order valence-electron chi connectivity index (χ3n) is 4.88. The van der Waals surface area contributed by atoms with Crippen molar-refractivity contribution in [2.75, 3.05) is 6.61 Å². The van der Waals surface area contributed by atoms with Gasteiger partial charge >= 0.3 is 0 Å². The molecule has 0 aliphatic heterocycles. The third kappa shape index (κ3) is 5.96. The molecule has 0 aliphatic rings. The molecule has 1 heterocycles. The van der Waals surface area contributed by atoms with Crippen molar-refractivity contribution in [1.29, 1.82) is 0 Å². The molecular weight excluding hydrogens is 440 g/mol. The Labute approximate surface area is 196 Å². The van der Waals surface area contributed by atoms with Crippen molar-refractivity contribution >= 4 is 28.8 Å². The third-order valence-corrected chi connectivity index (χ3v) is 6.08. The van der Waals surface area contributed by atoms with Crippen LogP contribution in [0.15, 0.2) is 84.2 Å². The molecule has 0 spiro atoms. The molecule has 4 aromatic rings. The zero-order chi connectivity index (χ0) is 22.2. The predicted octanol–water partition coefficient (Wildman–Crippen LogP) is 6.61. The van der Waals surface area contributed by atoms with Gasteiger partial charge in [-0.3, -0.25) is 4.79 Å². The number of benzene rings is 3. The molecule has 0 unspecified atom stereocenters. The quantitative estimate of drug-likeness (QED) is 0.285. The van der Waals surface area contributed by atoms with Gasteiger partial charge in [0.05, 0.1) is 17.3 Å². The highest BCUT2D eigenvalue weighted by Crippen LogP contribution is 2.29. The molecule has 0 atom stereocenters. The Morgan fingerprint density at radius 3 is 2.59 bits per heavy atom. The Kier molecular flexibility index (Phi) is 7.54. The minimum Gasteiger partial charge on any atom is -0.492 e. The van der Waals surface area contributed by atoms with E-state index < -0.39 is 0 Å². The summed E-state index contributed by atoms with van der Waals surface area (Å²) in [5.74, 6) is 0.641. The number of nitrogens with zero attached hydrogens (tertiary/aromatic N) is 1. The molecule has 0 saturated carbocycles. The molecule has 4 rings (SSSR count). The summed E-state index contributed by atoms with van der Waals surface area (Å²) < 4.78 is 5.63. The number of hydrogen-bond donors (Lipinski definition) is 1. The summed E-state index contributed by atoms with van der Waals surface area (Å²) in [5, 5.41) is 6.60. The molecule has 162 valence electrons. The molecule has 0 radical (unpaired) electrons. The van der Waals surface area contributed by atoms with Gasteiger partial charge in [-0.05, 0) is 30.2 Å². The maximum atomic E-state index is 12.2. The Bertz CT molecular complexity index is 1180. The van der Waals surface area contributed by atoms with Gasteiger partial charge in [0.25, 0.3) is 0 Å². The highest BCUT2D eigenvalue weighted by atomic mass is 35.5. The van der Waals surface area contributed by atoms with E-state index in [1.54, 1.807) is 17.4 Å². The molecule has 3 aromatic carbocycles. The fraction of sp³-hybridized carbons (Fsp3) is 0.154. The second-order valence-corrected chi connectivity index (χ2v) is 8.53. The summed E-state index contributed by atoms with van der Waals surface area (Å²) >= 11 is 7.69. The number of amides is 1. The van der Waals surface area contributed by atoms with Gasteiger partial charge in [0.1, 0.15) is 10.8 Å². The summed E-state index contributed by atoms with van der Waals surface area (Å²) in [5.41, 5.74) is 4.18. The van der Waals surface area contributed by atoms with Crippen molar-refractivity contribution in [3.05, 3.63) is 94.8 Å². The summed E-state index contributed by atoms with van der Waals surface area (Å²) in [4.78, 5) is 17.0. The van der Waals surface area contributed by atoms with Crippen molar-refractivity contribution in [2.45, 2.75) is 19.4 Å². The number of carbonyl (C=O) groups is 1. The average molecular weight is 463 g/mol. The van der Waals surface area contributed by atoms with E-state index >= 15 is 0 Å². The first-order valence-corrected chi connectivity index (χ1v) is 11.7. The first-order chi connectivity index (χ1) is 15.7. The molecule has 32 heavy (non-hydrogen) atoms. The van der Waals surface area contributed by atoms with E-state index in [1.807, 2.05) is 54.6 Å². The fourth-order valence-corrected chi connectivity index (χ4v) is 4.24. The highest BCUT2D eigenvalue weighted by molar-refractivity contribution is 7.13. The average Bonchev–Trinajstić information content (AvgIpc) is 3.33. The molecule has 1 N–H and O–H groups in total. The molecule has 0 bridgehead atoms. The van der Waals surface area contributed by atoms with Crippen LogP contribution in [-0.2, 0) is 11.3 Å². The van der Waals surface area contributed by atoms with Crippen molar-refractivity contribution in [1.82, 2.24) is 10.3 Å². The van der Waals surface area contributed by atoms with Crippen molar-refractivity contribution in [2.24, 2.45) is 0 Å². The van der Waals surface area contributed by atoms with Crippen LogP contribution in [0.5, 0.6) is 5.75 Å². The molecule has 1 aromatic heterocycles. The maximum absolute atomic E-state index is 12.2. The van der Waals surface area contributed by atoms with E-state index in [9.17, 15) is 4.79 Å².